The van der Waals surface area contributed by atoms with E-state index in [1.165, 1.54) is 0 Å². The molecule has 2 N–H and O–H groups in total. The van der Waals surface area contributed by atoms with E-state index in [4.69, 9.17) is 5.73 Å². The van der Waals surface area contributed by atoms with Gasteiger partial charge < -0.3 is 5.73 Å². The minimum atomic E-state index is -0.530. The Kier molecular flexibility index (Phi) is 1.88. The molecule has 5 nitrogen and oxygen atoms in total. The number of nitrogens with two attached hydrogens (primary N) is 1. The van der Waals surface area contributed by atoms with Crippen LogP contribution in [-0.2, 0) is 7.05 Å². The molecule has 14 heavy (non-hydrogen) atoms. The highest BCUT2D eigenvalue weighted by Crippen LogP contribution is 2.17. The molecule has 2 aromatic rings. The molecule has 0 spiro atoms. The maximum atomic E-state index is 13.2. The van der Waals surface area contributed by atoms with Crippen molar-refractivity contribution in [2.45, 2.75) is 0 Å². The Labute approximate surface area is 79.4 Å². The summed E-state index contributed by atoms with van der Waals surface area (Å²) in [6.07, 6.45) is 2.74. The first-order valence-corrected chi connectivity index (χ1v) is 3.95. The number of aryl methyl sites for hydroxylation is 1. The summed E-state index contributed by atoms with van der Waals surface area (Å²) in [5, 5.41) is 4.01. The van der Waals surface area contributed by atoms with Gasteiger partial charge in [0.2, 0.25) is 5.95 Å². The van der Waals surface area contributed by atoms with Gasteiger partial charge in [0, 0.05) is 13.2 Å². The van der Waals surface area contributed by atoms with Crippen LogP contribution in [0.1, 0.15) is 0 Å². The van der Waals surface area contributed by atoms with Gasteiger partial charge in [-0.05, 0) is 6.07 Å². The van der Waals surface area contributed by atoms with Gasteiger partial charge >= 0.3 is 0 Å². The van der Waals surface area contributed by atoms with E-state index in [0.29, 0.717) is 5.69 Å². The van der Waals surface area contributed by atoms with E-state index < -0.39 is 5.82 Å². The second-order valence-electron chi connectivity index (χ2n) is 2.80. The molecule has 0 aromatic carbocycles. The van der Waals surface area contributed by atoms with Gasteiger partial charge in [-0.2, -0.15) is 5.10 Å². The number of aromatic nitrogens is 4. The van der Waals surface area contributed by atoms with Crippen LogP contribution in [0.15, 0.2) is 18.5 Å². The highest BCUT2D eigenvalue weighted by Gasteiger charge is 2.10. The van der Waals surface area contributed by atoms with Crippen LogP contribution in [0.25, 0.3) is 11.4 Å². The number of hydrogen-bond donors (Lipinski definition) is 1. The molecule has 2 rings (SSSR count). The SMILES string of the molecule is Cn1ccc(-c2nc(N)ncc2F)n1. The van der Waals surface area contributed by atoms with E-state index in [-0.39, 0.29) is 11.6 Å². The van der Waals surface area contributed by atoms with Gasteiger partial charge in [-0.3, -0.25) is 4.68 Å². The highest BCUT2D eigenvalue weighted by atomic mass is 19.1. The summed E-state index contributed by atoms with van der Waals surface area (Å²) in [5.41, 5.74) is 5.92. The number of anilines is 1. The summed E-state index contributed by atoms with van der Waals surface area (Å²) in [4.78, 5) is 7.30. The van der Waals surface area contributed by atoms with Gasteiger partial charge in [0.25, 0.3) is 0 Å². The van der Waals surface area contributed by atoms with Crippen LogP contribution < -0.4 is 5.73 Å². The zero-order valence-corrected chi connectivity index (χ0v) is 7.48. The second kappa shape index (κ2) is 3.06. The summed E-state index contributed by atoms with van der Waals surface area (Å²) >= 11 is 0. The molecule has 2 heterocycles. The molecule has 72 valence electrons. The minimum Gasteiger partial charge on any atom is -0.368 e. The zero-order valence-electron chi connectivity index (χ0n) is 7.48. The van der Waals surface area contributed by atoms with E-state index >= 15 is 0 Å². The third kappa shape index (κ3) is 1.41. The lowest BCUT2D eigenvalue weighted by Crippen LogP contribution is -1.99. The van der Waals surface area contributed by atoms with Gasteiger partial charge in [0.15, 0.2) is 5.82 Å². The van der Waals surface area contributed by atoms with Crippen molar-refractivity contribution in [2.24, 2.45) is 7.05 Å². The van der Waals surface area contributed by atoms with Gasteiger partial charge in [0.1, 0.15) is 11.4 Å². The summed E-state index contributed by atoms with van der Waals surface area (Å²) in [5.74, 6) is -0.495. The minimum absolute atomic E-state index is 0.0343. The molecular formula is C8H8FN5. The van der Waals surface area contributed by atoms with Crippen LogP contribution >= 0.6 is 0 Å². The second-order valence-corrected chi connectivity index (χ2v) is 2.80. The van der Waals surface area contributed by atoms with Crippen molar-refractivity contribution in [3.8, 4) is 11.4 Å². The van der Waals surface area contributed by atoms with Gasteiger partial charge in [-0.15, -0.1) is 0 Å². The fourth-order valence-electron chi connectivity index (χ4n) is 1.10. The molecule has 0 aliphatic heterocycles. The molecular weight excluding hydrogens is 185 g/mol. The summed E-state index contributed by atoms with van der Waals surface area (Å²) in [7, 11) is 1.74. The normalized spacial score (nSPS) is 10.4. The van der Waals surface area contributed by atoms with E-state index in [0.717, 1.165) is 6.20 Å². The van der Waals surface area contributed by atoms with Crippen LogP contribution in [-0.4, -0.2) is 19.7 Å². The Hall–Kier alpha value is -1.98. The average Bonchev–Trinajstić information content (AvgIpc) is 2.56. The maximum Gasteiger partial charge on any atom is 0.220 e. The number of nitrogens with zero attached hydrogens (tertiary/aromatic N) is 4. The van der Waals surface area contributed by atoms with Gasteiger partial charge in [-0.1, -0.05) is 0 Å². The van der Waals surface area contributed by atoms with Crippen LogP contribution in [0.5, 0.6) is 0 Å². The fraction of sp³-hybridized carbons (Fsp3) is 0.125. The Morgan fingerprint density at radius 2 is 2.29 bits per heavy atom. The molecule has 6 heteroatoms. The van der Waals surface area contributed by atoms with Crippen molar-refractivity contribution in [1.82, 2.24) is 19.7 Å². The number of rotatable bonds is 1. The zero-order chi connectivity index (χ0) is 10.1. The molecule has 0 atom stereocenters. The van der Waals surface area contributed by atoms with E-state index in [1.54, 1.807) is 24.0 Å². The largest absolute Gasteiger partial charge is 0.368 e. The lowest BCUT2D eigenvalue weighted by Gasteiger charge is -1.98. The molecule has 0 saturated carbocycles. The predicted octanol–water partition coefficient (Wildman–Crippen LogP) is 0.598. The maximum absolute atomic E-state index is 13.2. The van der Waals surface area contributed by atoms with Crippen molar-refractivity contribution < 1.29 is 4.39 Å². The van der Waals surface area contributed by atoms with Crippen molar-refractivity contribution in [3.63, 3.8) is 0 Å². The van der Waals surface area contributed by atoms with E-state index in [1.807, 2.05) is 0 Å². The quantitative estimate of drug-likeness (QED) is 0.719. The lowest BCUT2D eigenvalue weighted by molar-refractivity contribution is 0.617. The molecule has 0 bridgehead atoms. The molecule has 0 aliphatic carbocycles. The molecule has 2 aromatic heterocycles. The van der Waals surface area contributed by atoms with Crippen molar-refractivity contribution in [1.29, 1.82) is 0 Å². The highest BCUT2D eigenvalue weighted by molar-refractivity contribution is 5.54. The summed E-state index contributed by atoms with van der Waals surface area (Å²) in [6.45, 7) is 0. The first kappa shape index (κ1) is 8.61. The molecule has 0 unspecified atom stereocenters. The third-order valence-corrected chi connectivity index (χ3v) is 1.72. The predicted molar refractivity (Wildman–Crippen MR) is 48.6 cm³/mol. The van der Waals surface area contributed by atoms with E-state index in [2.05, 4.69) is 15.1 Å². The molecule has 0 radical (unpaired) electrons. The Balaban J connectivity index is 2.55. The molecule has 0 fully saturated rings. The Bertz CT molecular complexity index is 465. The van der Waals surface area contributed by atoms with Crippen LogP contribution in [0, 0.1) is 5.82 Å². The Morgan fingerprint density at radius 1 is 1.50 bits per heavy atom. The summed E-state index contributed by atoms with van der Waals surface area (Å²) in [6, 6.07) is 1.66. The number of nitrogen functional groups attached to an aromatic ring is 1. The molecule has 0 aliphatic rings. The first-order valence-electron chi connectivity index (χ1n) is 3.95. The number of hydrogen-bond acceptors (Lipinski definition) is 4. The van der Waals surface area contributed by atoms with Gasteiger partial charge in [0.05, 0.1) is 6.20 Å². The number of halogens is 1. The van der Waals surface area contributed by atoms with E-state index in [9.17, 15) is 4.39 Å². The fourth-order valence-corrected chi connectivity index (χ4v) is 1.10. The van der Waals surface area contributed by atoms with Gasteiger partial charge in [-0.25, -0.2) is 14.4 Å². The first-order chi connectivity index (χ1) is 6.66. The average molecular weight is 193 g/mol. The topological polar surface area (TPSA) is 69.6 Å². The molecule has 0 saturated heterocycles. The standard InChI is InChI=1S/C8H8FN5/c1-14-3-2-6(13-14)7-5(9)4-11-8(10)12-7/h2-4H,1H3,(H2,10,11,12). The smallest absolute Gasteiger partial charge is 0.220 e. The van der Waals surface area contributed by atoms with Crippen LogP contribution in [0.2, 0.25) is 0 Å². The van der Waals surface area contributed by atoms with Crippen molar-refractivity contribution in [3.05, 3.63) is 24.3 Å². The lowest BCUT2D eigenvalue weighted by atomic mass is 10.3. The monoisotopic (exact) mass is 193 g/mol. The van der Waals surface area contributed by atoms with Crippen LogP contribution in [0.3, 0.4) is 0 Å². The van der Waals surface area contributed by atoms with Crippen molar-refractivity contribution in [2.75, 3.05) is 5.73 Å². The third-order valence-electron chi connectivity index (χ3n) is 1.72. The Morgan fingerprint density at radius 3 is 2.93 bits per heavy atom. The van der Waals surface area contributed by atoms with Crippen molar-refractivity contribution >= 4 is 5.95 Å². The molecule has 0 amide bonds. The van der Waals surface area contributed by atoms with Crippen LogP contribution in [0.4, 0.5) is 10.3 Å². The summed E-state index contributed by atoms with van der Waals surface area (Å²) < 4.78 is 14.8.